The van der Waals surface area contributed by atoms with E-state index in [0.29, 0.717) is 30.2 Å². The largest absolute Gasteiger partial charge is 0.494 e. The van der Waals surface area contributed by atoms with Gasteiger partial charge >= 0.3 is 0 Å². The van der Waals surface area contributed by atoms with E-state index in [2.05, 4.69) is 12.2 Å². The van der Waals surface area contributed by atoms with E-state index in [9.17, 15) is 4.79 Å². The first-order chi connectivity index (χ1) is 15.2. The van der Waals surface area contributed by atoms with Gasteiger partial charge in [0.05, 0.1) is 6.61 Å². The van der Waals surface area contributed by atoms with Crippen molar-refractivity contribution in [1.29, 1.82) is 0 Å². The average Bonchev–Trinajstić information content (AvgIpc) is 2.81. The summed E-state index contributed by atoms with van der Waals surface area (Å²) in [5.74, 6) is 1.26. The highest BCUT2D eigenvalue weighted by atomic mass is 16.5. The first-order valence-corrected chi connectivity index (χ1v) is 11.1. The second-order valence-electron chi connectivity index (χ2n) is 7.55. The van der Waals surface area contributed by atoms with Crippen molar-refractivity contribution in [3.8, 4) is 11.5 Å². The maximum atomic E-state index is 12.7. The van der Waals surface area contributed by atoms with Gasteiger partial charge in [-0.05, 0) is 42.3 Å². The van der Waals surface area contributed by atoms with Crippen molar-refractivity contribution in [2.75, 3.05) is 11.9 Å². The van der Waals surface area contributed by atoms with E-state index in [-0.39, 0.29) is 5.91 Å². The standard InChI is InChI=1S/C27H31NO3/c1-2-3-4-5-9-18-30-26-17-11-15-24(20-26)28-27(29)23-14-10-16-25(19-23)31-21-22-12-7-6-8-13-22/h6-8,10-17,19-20H,2-5,9,18,21H2,1H3,(H,28,29). The Hall–Kier alpha value is -3.27. The topological polar surface area (TPSA) is 47.6 Å². The summed E-state index contributed by atoms with van der Waals surface area (Å²) >= 11 is 0. The molecule has 4 nitrogen and oxygen atoms in total. The minimum absolute atomic E-state index is 0.179. The van der Waals surface area contributed by atoms with Crippen LogP contribution in [0.5, 0.6) is 11.5 Å². The van der Waals surface area contributed by atoms with Gasteiger partial charge in [0.25, 0.3) is 5.91 Å². The lowest BCUT2D eigenvalue weighted by atomic mass is 10.2. The number of benzene rings is 3. The van der Waals surface area contributed by atoms with Crippen molar-refractivity contribution in [2.45, 2.75) is 45.6 Å². The smallest absolute Gasteiger partial charge is 0.255 e. The second kappa shape index (κ2) is 12.4. The molecule has 0 aliphatic rings. The molecule has 0 aromatic heterocycles. The zero-order chi connectivity index (χ0) is 21.7. The van der Waals surface area contributed by atoms with Crippen LogP contribution >= 0.6 is 0 Å². The summed E-state index contributed by atoms with van der Waals surface area (Å²) in [6.07, 6.45) is 6.01. The molecule has 0 fully saturated rings. The van der Waals surface area contributed by atoms with Crippen LogP contribution in [0.1, 0.15) is 54.9 Å². The first-order valence-electron chi connectivity index (χ1n) is 11.1. The van der Waals surface area contributed by atoms with Gasteiger partial charge in [0.2, 0.25) is 0 Å². The lowest BCUT2D eigenvalue weighted by Gasteiger charge is -2.11. The van der Waals surface area contributed by atoms with Gasteiger partial charge in [-0.25, -0.2) is 0 Å². The van der Waals surface area contributed by atoms with Gasteiger partial charge in [-0.3, -0.25) is 4.79 Å². The summed E-state index contributed by atoms with van der Waals surface area (Å²) in [7, 11) is 0. The molecule has 1 amide bonds. The molecule has 0 unspecified atom stereocenters. The summed E-state index contributed by atoms with van der Waals surface area (Å²) < 4.78 is 11.7. The molecule has 0 heterocycles. The number of anilines is 1. The fourth-order valence-electron chi connectivity index (χ4n) is 3.23. The Morgan fingerprint density at radius 1 is 0.774 bits per heavy atom. The number of nitrogens with one attached hydrogen (secondary N) is 1. The van der Waals surface area contributed by atoms with Crippen LogP contribution < -0.4 is 14.8 Å². The zero-order valence-electron chi connectivity index (χ0n) is 18.2. The SMILES string of the molecule is CCCCCCCOc1cccc(NC(=O)c2cccc(OCc3ccccc3)c2)c1. The third-order valence-electron chi connectivity index (χ3n) is 4.95. The molecule has 0 aliphatic carbocycles. The number of amides is 1. The van der Waals surface area contributed by atoms with Crippen LogP contribution in [0.2, 0.25) is 0 Å². The molecule has 0 spiro atoms. The average molecular weight is 418 g/mol. The van der Waals surface area contributed by atoms with E-state index in [1.807, 2.05) is 66.7 Å². The third kappa shape index (κ3) is 7.82. The summed E-state index contributed by atoms with van der Waals surface area (Å²) in [4.78, 5) is 12.7. The highest BCUT2D eigenvalue weighted by Gasteiger charge is 2.08. The Bertz CT molecular complexity index is 940. The molecule has 4 heteroatoms. The van der Waals surface area contributed by atoms with E-state index in [1.54, 1.807) is 12.1 Å². The molecule has 0 radical (unpaired) electrons. The Morgan fingerprint density at radius 3 is 2.32 bits per heavy atom. The van der Waals surface area contributed by atoms with Crippen molar-refractivity contribution in [3.05, 3.63) is 90.0 Å². The number of rotatable bonds is 12. The number of hydrogen-bond acceptors (Lipinski definition) is 3. The Balaban J connectivity index is 1.51. The molecule has 162 valence electrons. The van der Waals surface area contributed by atoms with Crippen molar-refractivity contribution >= 4 is 11.6 Å². The molecule has 1 N–H and O–H groups in total. The van der Waals surface area contributed by atoms with Crippen molar-refractivity contribution in [2.24, 2.45) is 0 Å². The quantitative estimate of drug-likeness (QED) is 0.327. The van der Waals surface area contributed by atoms with Crippen LogP contribution in [-0.2, 0) is 6.61 Å². The molecular formula is C27H31NO3. The number of carbonyl (C=O) groups is 1. The molecule has 0 bridgehead atoms. The molecule has 3 aromatic carbocycles. The molecule has 0 saturated heterocycles. The van der Waals surface area contributed by atoms with Gasteiger partial charge < -0.3 is 14.8 Å². The highest BCUT2D eigenvalue weighted by Crippen LogP contribution is 2.20. The van der Waals surface area contributed by atoms with E-state index in [1.165, 1.54) is 25.7 Å². The zero-order valence-corrected chi connectivity index (χ0v) is 18.2. The van der Waals surface area contributed by atoms with Crippen LogP contribution in [0.15, 0.2) is 78.9 Å². The maximum Gasteiger partial charge on any atom is 0.255 e. The van der Waals surface area contributed by atoms with Gasteiger partial charge in [0.15, 0.2) is 0 Å². The maximum absolute atomic E-state index is 12.7. The summed E-state index contributed by atoms with van der Waals surface area (Å²) in [6.45, 7) is 3.37. The minimum Gasteiger partial charge on any atom is -0.494 e. The van der Waals surface area contributed by atoms with Crippen molar-refractivity contribution in [3.63, 3.8) is 0 Å². The molecule has 0 saturated carbocycles. The van der Waals surface area contributed by atoms with Crippen LogP contribution in [0.3, 0.4) is 0 Å². The minimum atomic E-state index is -0.179. The van der Waals surface area contributed by atoms with E-state index in [0.717, 1.165) is 17.7 Å². The van der Waals surface area contributed by atoms with Gasteiger partial charge in [-0.2, -0.15) is 0 Å². The van der Waals surface area contributed by atoms with Crippen LogP contribution in [0.4, 0.5) is 5.69 Å². The van der Waals surface area contributed by atoms with Gasteiger partial charge in [0, 0.05) is 17.3 Å². The normalized spacial score (nSPS) is 10.5. The Morgan fingerprint density at radius 2 is 1.52 bits per heavy atom. The van der Waals surface area contributed by atoms with E-state index in [4.69, 9.17) is 9.47 Å². The Labute approximate surface area is 185 Å². The fourth-order valence-corrected chi connectivity index (χ4v) is 3.23. The first kappa shape index (κ1) is 22.4. The fraction of sp³-hybridized carbons (Fsp3) is 0.296. The highest BCUT2D eigenvalue weighted by molar-refractivity contribution is 6.04. The lowest BCUT2D eigenvalue weighted by molar-refractivity contribution is 0.102. The van der Waals surface area contributed by atoms with Gasteiger partial charge in [0.1, 0.15) is 18.1 Å². The molecule has 0 atom stereocenters. The number of hydrogen-bond donors (Lipinski definition) is 1. The van der Waals surface area contributed by atoms with Crippen molar-refractivity contribution in [1.82, 2.24) is 0 Å². The van der Waals surface area contributed by atoms with E-state index < -0.39 is 0 Å². The van der Waals surface area contributed by atoms with Gasteiger partial charge in [-0.1, -0.05) is 75.1 Å². The lowest BCUT2D eigenvalue weighted by Crippen LogP contribution is -2.12. The molecule has 3 rings (SSSR count). The van der Waals surface area contributed by atoms with Crippen LogP contribution in [0, 0.1) is 0 Å². The Kier molecular flexibility index (Phi) is 8.99. The molecular weight excluding hydrogens is 386 g/mol. The van der Waals surface area contributed by atoms with Crippen LogP contribution in [-0.4, -0.2) is 12.5 Å². The molecule has 31 heavy (non-hydrogen) atoms. The monoisotopic (exact) mass is 417 g/mol. The number of carbonyl (C=O) groups excluding carboxylic acids is 1. The summed E-state index contributed by atoms with van der Waals surface area (Å²) in [5.41, 5.74) is 2.34. The second-order valence-corrected chi connectivity index (χ2v) is 7.55. The summed E-state index contributed by atoms with van der Waals surface area (Å²) in [6, 6.07) is 24.7. The third-order valence-corrected chi connectivity index (χ3v) is 4.95. The van der Waals surface area contributed by atoms with E-state index >= 15 is 0 Å². The number of ether oxygens (including phenoxy) is 2. The predicted molar refractivity (Wildman–Crippen MR) is 126 cm³/mol. The predicted octanol–water partition coefficient (Wildman–Crippen LogP) is 6.87. The van der Waals surface area contributed by atoms with Crippen molar-refractivity contribution < 1.29 is 14.3 Å². The van der Waals surface area contributed by atoms with Gasteiger partial charge in [-0.15, -0.1) is 0 Å². The van der Waals surface area contributed by atoms with Crippen LogP contribution in [0.25, 0.3) is 0 Å². The molecule has 0 aliphatic heterocycles. The molecule has 3 aromatic rings. The number of unbranched alkanes of at least 4 members (excludes halogenated alkanes) is 4. The summed E-state index contributed by atoms with van der Waals surface area (Å²) in [5, 5.41) is 2.94.